The summed E-state index contributed by atoms with van der Waals surface area (Å²) in [6.45, 7) is 8.03. The van der Waals surface area contributed by atoms with Gasteiger partial charge in [-0.15, -0.1) is 0 Å². The summed E-state index contributed by atoms with van der Waals surface area (Å²) in [7, 11) is 0. The first-order valence-corrected chi connectivity index (χ1v) is 6.97. The van der Waals surface area contributed by atoms with Crippen molar-refractivity contribution >= 4 is 0 Å². The fraction of sp³-hybridized carbons (Fsp3) is 1.00. The first-order valence-electron chi connectivity index (χ1n) is 6.97. The monoisotopic (exact) mass is 242 g/mol. The molecular weight excluding hydrogens is 216 g/mol. The molecular formula is C13H26N2O2. The van der Waals surface area contributed by atoms with Gasteiger partial charge in [0.05, 0.1) is 13.2 Å². The summed E-state index contributed by atoms with van der Waals surface area (Å²) < 4.78 is 10.8. The van der Waals surface area contributed by atoms with E-state index in [4.69, 9.17) is 9.47 Å². The average molecular weight is 242 g/mol. The van der Waals surface area contributed by atoms with Crippen molar-refractivity contribution in [2.45, 2.75) is 38.3 Å². The molecule has 0 bridgehead atoms. The molecule has 2 fully saturated rings. The second-order valence-corrected chi connectivity index (χ2v) is 5.34. The first-order chi connectivity index (χ1) is 8.34. The highest BCUT2D eigenvalue weighted by atomic mass is 16.5. The van der Waals surface area contributed by atoms with Gasteiger partial charge in [-0.1, -0.05) is 0 Å². The summed E-state index contributed by atoms with van der Waals surface area (Å²) in [5.41, 5.74) is 0. The van der Waals surface area contributed by atoms with Gasteiger partial charge in [0.15, 0.2) is 0 Å². The van der Waals surface area contributed by atoms with Gasteiger partial charge in [0.1, 0.15) is 0 Å². The molecule has 2 rings (SSSR count). The zero-order valence-electron chi connectivity index (χ0n) is 10.9. The lowest BCUT2D eigenvalue weighted by atomic mass is 10.0. The molecule has 0 saturated carbocycles. The maximum absolute atomic E-state index is 5.46. The number of ether oxygens (including phenoxy) is 2. The quantitative estimate of drug-likeness (QED) is 0.722. The van der Waals surface area contributed by atoms with Crippen molar-refractivity contribution in [2.24, 2.45) is 5.92 Å². The molecule has 2 aliphatic rings. The molecule has 2 aliphatic heterocycles. The third kappa shape index (κ3) is 4.92. The maximum Gasteiger partial charge on any atom is 0.0620 e. The summed E-state index contributed by atoms with van der Waals surface area (Å²) in [4.78, 5) is 0. The summed E-state index contributed by atoms with van der Waals surface area (Å²) in [5, 5.41) is 7.10. The van der Waals surface area contributed by atoms with Crippen LogP contribution in [0.5, 0.6) is 0 Å². The topological polar surface area (TPSA) is 42.5 Å². The van der Waals surface area contributed by atoms with E-state index in [0.717, 1.165) is 51.9 Å². The number of rotatable bonds is 6. The molecule has 3 unspecified atom stereocenters. The minimum absolute atomic E-state index is 0.529. The minimum atomic E-state index is 0.529. The van der Waals surface area contributed by atoms with E-state index in [2.05, 4.69) is 17.6 Å². The van der Waals surface area contributed by atoms with E-state index in [1.165, 1.54) is 12.8 Å². The predicted molar refractivity (Wildman–Crippen MR) is 68.2 cm³/mol. The lowest BCUT2D eigenvalue weighted by molar-refractivity contribution is 0.0712. The molecule has 4 nitrogen and oxygen atoms in total. The van der Waals surface area contributed by atoms with Gasteiger partial charge in [0.2, 0.25) is 0 Å². The minimum Gasteiger partial charge on any atom is -0.381 e. The third-order valence-corrected chi connectivity index (χ3v) is 3.71. The SMILES string of the molecule is CC(CC1COCCN1)NCCC1CCOC1. The Morgan fingerprint density at radius 1 is 1.29 bits per heavy atom. The Labute approximate surface area is 104 Å². The van der Waals surface area contributed by atoms with E-state index in [1.807, 2.05) is 0 Å². The van der Waals surface area contributed by atoms with Crippen molar-refractivity contribution in [2.75, 3.05) is 39.5 Å². The summed E-state index contributed by atoms with van der Waals surface area (Å²) in [6.07, 6.45) is 3.65. The Morgan fingerprint density at radius 2 is 2.18 bits per heavy atom. The van der Waals surface area contributed by atoms with E-state index in [1.54, 1.807) is 0 Å². The van der Waals surface area contributed by atoms with E-state index in [-0.39, 0.29) is 0 Å². The summed E-state index contributed by atoms with van der Waals surface area (Å²) in [6, 6.07) is 1.09. The number of hydrogen-bond acceptors (Lipinski definition) is 4. The molecule has 0 aromatic heterocycles. The molecule has 0 spiro atoms. The molecule has 0 aromatic rings. The zero-order valence-corrected chi connectivity index (χ0v) is 10.9. The van der Waals surface area contributed by atoms with Gasteiger partial charge >= 0.3 is 0 Å². The van der Waals surface area contributed by atoms with E-state index in [0.29, 0.717) is 12.1 Å². The smallest absolute Gasteiger partial charge is 0.0620 e. The van der Waals surface area contributed by atoms with Crippen molar-refractivity contribution < 1.29 is 9.47 Å². The highest BCUT2D eigenvalue weighted by molar-refractivity contribution is 4.76. The Morgan fingerprint density at radius 3 is 2.88 bits per heavy atom. The average Bonchev–Trinajstić information content (AvgIpc) is 2.83. The second kappa shape index (κ2) is 7.31. The largest absolute Gasteiger partial charge is 0.381 e. The maximum atomic E-state index is 5.46. The van der Waals surface area contributed by atoms with Crippen LogP contribution in [-0.4, -0.2) is 51.6 Å². The molecule has 2 N–H and O–H groups in total. The Hall–Kier alpha value is -0.160. The fourth-order valence-electron chi connectivity index (χ4n) is 2.63. The van der Waals surface area contributed by atoms with Gasteiger partial charge < -0.3 is 20.1 Å². The van der Waals surface area contributed by atoms with Crippen molar-refractivity contribution in [1.29, 1.82) is 0 Å². The zero-order chi connectivity index (χ0) is 11.9. The van der Waals surface area contributed by atoms with Crippen molar-refractivity contribution in [1.82, 2.24) is 10.6 Å². The van der Waals surface area contributed by atoms with E-state index < -0.39 is 0 Å². The fourth-order valence-corrected chi connectivity index (χ4v) is 2.63. The van der Waals surface area contributed by atoms with Gasteiger partial charge in [-0.05, 0) is 38.6 Å². The summed E-state index contributed by atoms with van der Waals surface area (Å²) >= 11 is 0. The van der Waals surface area contributed by atoms with Gasteiger partial charge in [-0.25, -0.2) is 0 Å². The molecule has 100 valence electrons. The van der Waals surface area contributed by atoms with Crippen LogP contribution in [0.1, 0.15) is 26.2 Å². The Bertz CT molecular complexity index is 202. The van der Waals surface area contributed by atoms with Gasteiger partial charge in [-0.3, -0.25) is 0 Å². The van der Waals surface area contributed by atoms with Crippen LogP contribution in [0.2, 0.25) is 0 Å². The van der Waals surface area contributed by atoms with Crippen molar-refractivity contribution in [3.05, 3.63) is 0 Å². The van der Waals surface area contributed by atoms with Gasteiger partial charge in [-0.2, -0.15) is 0 Å². The molecule has 17 heavy (non-hydrogen) atoms. The van der Waals surface area contributed by atoms with Crippen LogP contribution in [0, 0.1) is 5.92 Å². The molecule has 2 saturated heterocycles. The normalized spacial score (nSPS) is 31.6. The van der Waals surface area contributed by atoms with Crippen LogP contribution in [0.15, 0.2) is 0 Å². The predicted octanol–water partition coefficient (Wildman–Crippen LogP) is 0.770. The molecule has 3 atom stereocenters. The highest BCUT2D eigenvalue weighted by Crippen LogP contribution is 2.15. The Balaban J connectivity index is 1.52. The second-order valence-electron chi connectivity index (χ2n) is 5.34. The Kier molecular flexibility index (Phi) is 5.71. The number of hydrogen-bond donors (Lipinski definition) is 2. The highest BCUT2D eigenvalue weighted by Gasteiger charge is 2.17. The van der Waals surface area contributed by atoms with Crippen LogP contribution < -0.4 is 10.6 Å². The van der Waals surface area contributed by atoms with Gasteiger partial charge in [0, 0.05) is 31.8 Å². The van der Waals surface area contributed by atoms with Crippen LogP contribution in [-0.2, 0) is 9.47 Å². The standard InChI is InChI=1S/C13H26N2O2/c1-11(8-13-10-17-7-5-15-13)14-4-2-12-3-6-16-9-12/h11-15H,2-10H2,1H3. The van der Waals surface area contributed by atoms with Crippen LogP contribution in [0.4, 0.5) is 0 Å². The first kappa shape index (κ1) is 13.3. The molecule has 4 heteroatoms. The molecule has 2 heterocycles. The number of nitrogens with one attached hydrogen (secondary N) is 2. The third-order valence-electron chi connectivity index (χ3n) is 3.71. The molecule has 0 amide bonds. The van der Waals surface area contributed by atoms with Crippen LogP contribution in [0.3, 0.4) is 0 Å². The summed E-state index contributed by atoms with van der Waals surface area (Å²) in [5.74, 6) is 0.783. The van der Waals surface area contributed by atoms with E-state index >= 15 is 0 Å². The number of morpholine rings is 1. The van der Waals surface area contributed by atoms with E-state index in [9.17, 15) is 0 Å². The molecule has 0 aromatic carbocycles. The van der Waals surface area contributed by atoms with Gasteiger partial charge in [0.25, 0.3) is 0 Å². The van der Waals surface area contributed by atoms with Crippen molar-refractivity contribution in [3.63, 3.8) is 0 Å². The molecule has 0 aliphatic carbocycles. The lowest BCUT2D eigenvalue weighted by Crippen LogP contribution is -2.45. The van der Waals surface area contributed by atoms with Crippen molar-refractivity contribution in [3.8, 4) is 0 Å². The lowest BCUT2D eigenvalue weighted by Gasteiger charge is -2.27. The van der Waals surface area contributed by atoms with Crippen LogP contribution in [0.25, 0.3) is 0 Å². The van der Waals surface area contributed by atoms with Crippen LogP contribution >= 0.6 is 0 Å². The molecule has 0 radical (unpaired) electrons.